The SMILES string of the molecule is CC(C)C(C)(Cc1ccc(Cl)cc1)NC(=O)NCCC(=O)O. The highest BCUT2D eigenvalue weighted by Gasteiger charge is 2.30. The van der Waals surface area contributed by atoms with Crippen LogP contribution in [0.5, 0.6) is 0 Å². The Balaban J connectivity index is 2.67. The lowest BCUT2D eigenvalue weighted by Gasteiger charge is -2.35. The Bertz CT molecular complexity index is 517. The van der Waals surface area contributed by atoms with Crippen LogP contribution in [0.2, 0.25) is 5.02 Å². The van der Waals surface area contributed by atoms with Crippen LogP contribution in [0, 0.1) is 5.92 Å². The van der Waals surface area contributed by atoms with Crippen molar-refractivity contribution >= 4 is 23.6 Å². The van der Waals surface area contributed by atoms with Crippen molar-refractivity contribution < 1.29 is 14.7 Å². The van der Waals surface area contributed by atoms with Crippen molar-refractivity contribution in [2.45, 2.75) is 39.2 Å². The first-order valence-electron chi connectivity index (χ1n) is 7.25. The number of amides is 2. The summed E-state index contributed by atoms with van der Waals surface area (Å²) in [4.78, 5) is 22.4. The molecule has 0 saturated heterocycles. The van der Waals surface area contributed by atoms with Crippen LogP contribution >= 0.6 is 11.6 Å². The van der Waals surface area contributed by atoms with Crippen LogP contribution < -0.4 is 10.6 Å². The van der Waals surface area contributed by atoms with Crippen LogP contribution in [-0.4, -0.2) is 29.2 Å². The Labute approximate surface area is 136 Å². The molecule has 0 bridgehead atoms. The molecule has 3 N–H and O–H groups in total. The number of benzene rings is 1. The highest BCUT2D eigenvalue weighted by molar-refractivity contribution is 6.30. The lowest BCUT2D eigenvalue weighted by atomic mass is 9.82. The Morgan fingerprint density at radius 3 is 2.36 bits per heavy atom. The van der Waals surface area contributed by atoms with Gasteiger partial charge < -0.3 is 15.7 Å². The Morgan fingerprint density at radius 2 is 1.86 bits per heavy atom. The molecule has 0 saturated carbocycles. The van der Waals surface area contributed by atoms with Gasteiger partial charge in [-0.1, -0.05) is 37.6 Å². The van der Waals surface area contributed by atoms with Crippen LogP contribution in [0.3, 0.4) is 0 Å². The molecule has 122 valence electrons. The number of urea groups is 1. The quantitative estimate of drug-likeness (QED) is 0.720. The van der Waals surface area contributed by atoms with Crippen molar-refractivity contribution in [2.75, 3.05) is 6.54 Å². The van der Waals surface area contributed by atoms with E-state index in [9.17, 15) is 9.59 Å². The summed E-state index contributed by atoms with van der Waals surface area (Å²) in [5.41, 5.74) is 0.632. The van der Waals surface area contributed by atoms with Gasteiger partial charge in [0.25, 0.3) is 0 Å². The zero-order chi connectivity index (χ0) is 16.8. The van der Waals surface area contributed by atoms with Gasteiger partial charge in [-0.05, 0) is 37.0 Å². The zero-order valence-electron chi connectivity index (χ0n) is 13.1. The average Bonchev–Trinajstić information content (AvgIpc) is 2.40. The van der Waals surface area contributed by atoms with Crippen molar-refractivity contribution in [3.05, 3.63) is 34.9 Å². The molecule has 0 aromatic heterocycles. The van der Waals surface area contributed by atoms with E-state index in [2.05, 4.69) is 10.6 Å². The molecule has 22 heavy (non-hydrogen) atoms. The van der Waals surface area contributed by atoms with Gasteiger partial charge >= 0.3 is 12.0 Å². The van der Waals surface area contributed by atoms with Gasteiger partial charge in [-0.2, -0.15) is 0 Å². The fraction of sp³-hybridized carbons (Fsp3) is 0.500. The number of aliphatic carboxylic acids is 1. The number of carbonyl (C=O) groups excluding carboxylic acids is 1. The summed E-state index contributed by atoms with van der Waals surface area (Å²) < 4.78 is 0. The van der Waals surface area contributed by atoms with E-state index in [0.29, 0.717) is 11.4 Å². The molecule has 1 atom stereocenters. The first kappa shape index (κ1) is 18.3. The molecule has 1 rings (SSSR count). The lowest BCUT2D eigenvalue weighted by molar-refractivity contribution is -0.136. The summed E-state index contributed by atoms with van der Waals surface area (Å²) in [6.07, 6.45) is 0.567. The van der Waals surface area contributed by atoms with Crippen molar-refractivity contribution in [2.24, 2.45) is 5.92 Å². The molecule has 0 heterocycles. The minimum absolute atomic E-state index is 0.0942. The smallest absolute Gasteiger partial charge is 0.315 e. The number of carboxylic acids is 1. The monoisotopic (exact) mass is 326 g/mol. The van der Waals surface area contributed by atoms with Crippen molar-refractivity contribution in [3.8, 4) is 0 Å². The first-order valence-corrected chi connectivity index (χ1v) is 7.63. The summed E-state index contributed by atoms with van der Waals surface area (Å²) in [6, 6.07) is 7.17. The molecule has 1 unspecified atom stereocenters. The third-order valence-electron chi connectivity index (χ3n) is 3.78. The van der Waals surface area contributed by atoms with Gasteiger partial charge in [0.1, 0.15) is 0 Å². The molecule has 0 radical (unpaired) electrons. The van der Waals surface area contributed by atoms with Gasteiger partial charge in [-0.15, -0.1) is 0 Å². The number of rotatable bonds is 7. The average molecular weight is 327 g/mol. The van der Waals surface area contributed by atoms with Crippen molar-refractivity contribution in [1.82, 2.24) is 10.6 Å². The Kier molecular flexibility index (Phi) is 6.68. The molecule has 0 aliphatic carbocycles. The van der Waals surface area contributed by atoms with E-state index in [0.717, 1.165) is 5.56 Å². The molecule has 1 aromatic carbocycles. The van der Waals surface area contributed by atoms with E-state index in [1.165, 1.54) is 0 Å². The van der Waals surface area contributed by atoms with Crippen molar-refractivity contribution in [1.29, 1.82) is 0 Å². The zero-order valence-corrected chi connectivity index (χ0v) is 13.9. The second kappa shape index (κ2) is 8.03. The molecule has 0 fully saturated rings. The molecule has 6 heteroatoms. The van der Waals surface area contributed by atoms with E-state index < -0.39 is 11.5 Å². The van der Waals surface area contributed by atoms with Crippen molar-refractivity contribution in [3.63, 3.8) is 0 Å². The number of halogens is 1. The van der Waals surface area contributed by atoms with E-state index in [-0.39, 0.29) is 24.9 Å². The number of nitrogens with one attached hydrogen (secondary N) is 2. The normalized spacial score (nSPS) is 13.5. The highest BCUT2D eigenvalue weighted by Crippen LogP contribution is 2.23. The Hall–Kier alpha value is -1.75. The maximum Gasteiger partial charge on any atom is 0.315 e. The van der Waals surface area contributed by atoms with Gasteiger partial charge in [-0.3, -0.25) is 4.79 Å². The molecule has 0 aliphatic rings. The van der Waals surface area contributed by atoms with Gasteiger partial charge in [0.05, 0.1) is 6.42 Å². The minimum Gasteiger partial charge on any atom is -0.481 e. The number of carbonyl (C=O) groups is 2. The van der Waals surface area contributed by atoms with E-state index >= 15 is 0 Å². The largest absolute Gasteiger partial charge is 0.481 e. The topological polar surface area (TPSA) is 78.4 Å². The molecular formula is C16H23ClN2O3. The summed E-state index contributed by atoms with van der Waals surface area (Å²) in [5.74, 6) is -0.735. The number of carboxylic acid groups (broad SMARTS) is 1. The van der Waals surface area contributed by atoms with Crippen LogP contribution in [-0.2, 0) is 11.2 Å². The first-order chi connectivity index (χ1) is 10.2. The molecule has 1 aromatic rings. The minimum atomic E-state index is -0.937. The molecule has 0 spiro atoms. The maximum atomic E-state index is 12.0. The molecular weight excluding hydrogens is 304 g/mol. The fourth-order valence-electron chi connectivity index (χ4n) is 2.01. The van der Waals surface area contributed by atoms with Crippen LogP contribution in [0.15, 0.2) is 24.3 Å². The Morgan fingerprint density at radius 1 is 1.27 bits per heavy atom. The van der Waals surface area contributed by atoms with Crippen LogP contribution in [0.4, 0.5) is 4.79 Å². The lowest BCUT2D eigenvalue weighted by Crippen LogP contribution is -2.54. The highest BCUT2D eigenvalue weighted by atomic mass is 35.5. The molecule has 5 nitrogen and oxygen atoms in total. The second-order valence-corrected chi connectivity index (χ2v) is 6.34. The summed E-state index contributed by atoms with van der Waals surface area (Å²) in [7, 11) is 0. The fourth-order valence-corrected chi connectivity index (χ4v) is 2.13. The predicted octanol–water partition coefficient (Wildman–Crippen LogP) is 3.07. The van der Waals surface area contributed by atoms with Crippen LogP contribution in [0.1, 0.15) is 32.8 Å². The third-order valence-corrected chi connectivity index (χ3v) is 4.03. The molecule has 2 amide bonds. The van der Waals surface area contributed by atoms with Gasteiger partial charge in [0, 0.05) is 17.1 Å². The standard InChI is InChI=1S/C16H23ClN2O3/c1-11(2)16(3,10-12-4-6-13(17)7-5-12)19-15(22)18-9-8-14(20)21/h4-7,11H,8-10H2,1-3H3,(H,20,21)(H2,18,19,22). The number of hydrogen-bond acceptors (Lipinski definition) is 2. The number of hydrogen-bond donors (Lipinski definition) is 3. The van der Waals surface area contributed by atoms with E-state index in [1.54, 1.807) is 0 Å². The van der Waals surface area contributed by atoms with Gasteiger partial charge in [-0.25, -0.2) is 4.79 Å². The predicted molar refractivity (Wildman–Crippen MR) is 87.2 cm³/mol. The van der Waals surface area contributed by atoms with E-state index in [1.807, 2.05) is 45.0 Å². The van der Waals surface area contributed by atoms with Gasteiger partial charge in [0.2, 0.25) is 0 Å². The van der Waals surface area contributed by atoms with E-state index in [4.69, 9.17) is 16.7 Å². The molecule has 0 aliphatic heterocycles. The van der Waals surface area contributed by atoms with Crippen LogP contribution in [0.25, 0.3) is 0 Å². The van der Waals surface area contributed by atoms with Gasteiger partial charge in [0.15, 0.2) is 0 Å². The second-order valence-electron chi connectivity index (χ2n) is 5.90. The summed E-state index contributed by atoms with van der Waals surface area (Å²) >= 11 is 5.88. The summed E-state index contributed by atoms with van der Waals surface area (Å²) in [5, 5.41) is 14.8. The third kappa shape index (κ3) is 5.93. The summed E-state index contributed by atoms with van der Waals surface area (Å²) in [6.45, 7) is 6.15. The maximum absolute atomic E-state index is 12.0.